The Morgan fingerprint density at radius 3 is 2.70 bits per heavy atom. The fourth-order valence-corrected chi connectivity index (χ4v) is 3.43. The summed E-state index contributed by atoms with van der Waals surface area (Å²) in [5.74, 6) is 0.308. The first-order valence-corrected chi connectivity index (χ1v) is 9.20. The Labute approximate surface area is 163 Å². The molecule has 0 unspecified atom stereocenters. The van der Waals surface area contributed by atoms with Crippen molar-refractivity contribution in [2.75, 3.05) is 16.8 Å². The Morgan fingerprint density at radius 2 is 1.89 bits per heavy atom. The first-order valence-electron chi connectivity index (χ1n) is 8.83. The molecule has 1 N–H and O–H groups in total. The number of hydrogen-bond donors (Lipinski definition) is 1. The van der Waals surface area contributed by atoms with E-state index in [-0.39, 0.29) is 5.91 Å². The molecular formula is C21H19ClN4O. The number of carbonyl (C=O) groups excluding carboxylic acids is 1. The predicted octanol–water partition coefficient (Wildman–Crippen LogP) is 4.25. The molecule has 3 aromatic rings. The maximum absolute atomic E-state index is 12.6. The lowest BCUT2D eigenvalue weighted by atomic mass is 10.0. The van der Waals surface area contributed by atoms with Gasteiger partial charge in [-0.2, -0.15) is 0 Å². The molecule has 136 valence electrons. The van der Waals surface area contributed by atoms with Gasteiger partial charge in [0.25, 0.3) is 5.91 Å². The van der Waals surface area contributed by atoms with Crippen LogP contribution in [0.4, 0.5) is 11.6 Å². The largest absolute Gasteiger partial charge is 0.336 e. The van der Waals surface area contributed by atoms with Crippen LogP contribution in [0.1, 0.15) is 27.3 Å². The highest BCUT2D eigenvalue weighted by Crippen LogP contribution is 2.23. The summed E-state index contributed by atoms with van der Waals surface area (Å²) in [5.41, 5.74) is 4.38. The van der Waals surface area contributed by atoms with Crippen molar-refractivity contribution in [3.05, 3.63) is 82.1 Å². The van der Waals surface area contributed by atoms with Crippen molar-refractivity contribution < 1.29 is 4.79 Å². The standard InChI is InChI=1S/C21H19ClN4O/c1-14-11-19(20(27)24-18-8-4-7-17(22)12-18)25-21(23-14)26-10-9-15-5-2-3-6-16(15)13-26/h2-8,11-12H,9-10,13H2,1H3,(H,24,27). The van der Waals surface area contributed by atoms with E-state index in [1.54, 1.807) is 30.3 Å². The van der Waals surface area contributed by atoms with Gasteiger partial charge in [0.15, 0.2) is 0 Å². The molecule has 1 aromatic heterocycles. The summed E-state index contributed by atoms with van der Waals surface area (Å²) in [6.07, 6.45) is 0.942. The summed E-state index contributed by atoms with van der Waals surface area (Å²) in [6.45, 7) is 3.45. The summed E-state index contributed by atoms with van der Waals surface area (Å²) < 4.78 is 0. The van der Waals surface area contributed by atoms with Crippen molar-refractivity contribution in [3.63, 3.8) is 0 Å². The molecule has 2 aromatic carbocycles. The third-order valence-corrected chi connectivity index (χ3v) is 4.81. The van der Waals surface area contributed by atoms with Crippen LogP contribution < -0.4 is 10.2 Å². The van der Waals surface area contributed by atoms with Crippen molar-refractivity contribution >= 4 is 29.1 Å². The summed E-state index contributed by atoms with van der Waals surface area (Å²) in [5, 5.41) is 3.41. The maximum atomic E-state index is 12.6. The molecule has 0 fully saturated rings. The number of rotatable bonds is 3. The molecule has 0 aliphatic carbocycles. The number of anilines is 2. The Morgan fingerprint density at radius 1 is 1.07 bits per heavy atom. The van der Waals surface area contributed by atoms with Crippen LogP contribution in [-0.2, 0) is 13.0 Å². The highest BCUT2D eigenvalue weighted by Gasteiger charge is 2.20. The van der Waals surface area contributed by atoms with Crippen LogP contribution in [0.3, 0.4) is 0 Å². The van der Waals surface area contributed by atoms with Crippen molar-refractivity contribution in [3.8, 4) is 0 Å². The normalized spacial score (nSPS) is 13.2. The second-order valence-electron chi connectivity index (χ2n) is 6.60. The van der Waals surface area contributed by atoms with E-state index in [0.717, 1.165) is 25.2 Å². The molecule has 0 bridgehead atoms. The Kier molecular flexibility index (Phi) is 4.77. The number of aromatic nitrogens is 2. The van der Waals surface area contributed by atoms with E-state index in [1.807, 2.05) is 13.0 Å². The van der Waals surface area contributed by atoms with Gasteiger partial charge in [-0.25, -0.2) is 9.97 Å². The van der Waals surface area contributed by atoms with E-state index in [2.05, 4.69) is 38.4 Å². The summed E-state index contributed by atoms with van der Waals surface area (Å²) in [6, 6.07) is 17.1. The van der Waals surface area contributed by atoms with Crippen LogP contribution in [0.15, 0.2) is 54.6 Å². The van der Waals surface area contributed by atoms with Gasteiger partial charge in [0.05, 0.1) is 0 Å². The lowest BCUT2D eigenvalue weighted by Crippen LogP contribution is -2.32. The number of nitrogens with one attached hydrogen (secondary N) is 1. The van der Waals surface area contributed by atoms with Crippen LogP contribution in [-0.4, -0.2) is 22.4 Å². The zero-order valence-electron chi connectivity index (χ0n) is 14.9. The van der Waals surface area contributed by atoms with Gasteiger partial charge in [0.1, 0.15) is 5.69 Å². The molecule has 0 atom stereocenters. The molecule has 1 aliphatic rings. The molecule has 1 amide bonds. The van der Waals surface area contributed by atoms with Gasteiger partial charge in [-0.15, -0.1) is 0 Å². The van der Waals surface area contributed by atoms with Crippen LogP contribution in [0.25, 0.3) is 0 Å². The van der Waals surface area contributed by atoms with Crippen LogP contribution >= 0.6 is 11.6 Å². The van der Waals surface area contributed by atoms with Gasteiger partial charge in [0.2, 0.25) is 5.95 Å². The fourth-order valence-electron chi connectivity index (χ4n) is 3.24. The van der Waals surface area contributed by atoms with E-state index >= 15 is 0 Å². The van der Waals surface area contributed by atoms with Gasteiger partial charge < -0.3 is 10.2 Å². The van der Waals surface area contributed by atoms with Crippen LogP contribution in [0.2, 0.25) is 5.02 Å². The SMILES string of the molecule is Cc1cc(C(=O)Nc2cccc(Cl)c2)nc(N2CCc3ccccc3C2)n1. The molecule has 6 heteroatoms. The van der Waals surface area contributed by atoms with Gasteiger partial charge >= 0.3 is 0 Å². The van der Waals surface area contributed by atoms with Gasteiger partial charge in [0, 0.05) is 29.5 Å². The van der Waals surface area contributed by atoms with E-state index in [1.165, 1.54) is 11.1 Å². The average molecular weight is 379 g/mol. The number of benzene rings is 2. The molecule has 0 radical (unpaired) electrons. The van der Waals surface area contributed by atoms with Crippen LogP contribution in [0, 0.1) is 6.92 Å². The lowest BCUT2D eigenvalue weighted by Gasteiger charge is -2.29. The minimum absolute atomic E-state index is 0.276. The van der Waals surface area contributed by atoms with E-state index in [0.29, 0.717) is 22.4 Å². The van der Waals surface area contributed by atoms with E-state index in [9.17, 15) is 4.79 Å². The first kappa shape index (κ1) is 17.5. The molecule has 0 spiro atoms. The number of carbonyl (C=O) groups is 1. The molecule has 5 nitrogen and oxygen atoms in total. The highest BCUT2D eigenvalue weighted by molar-refractivity contribution is 6.30. The van der Waals surface area contributed by atoms with Crippen molar-refractivity contribution in [1.29, 1.82) is 0 Å². The predicted molar refractivity (Wildman–Crippen MR) is 107 cm³/mol. The molecule has 0 saturated heterocycles. The maximum Gasteiger partial charge on any atom is 0.274 e. The summed E-state index contributed by atoms with van der Waals surface area (Å²) in [7, 11) is 0. The summed E-state index contributed by atoms with van der Waals surface area (Å²) in [4.78, 5) is 23.8. The van der Waals surface area contributed by atoms with E-state index in [4.69, 9.17) is 11.6 Å². The lowest BCUT2D eigenvalue weighted by molar-refractivity contribution is 0.102. The third kappa shape index (κ3) is 3.93. The minimum atomic E-state index is -0.276. The number of nitrogens with zero attached hydrogens (tertiary/aromatic N) is 3. The van der Waals surface area contributed by atoms with Gasteiger partial charge in [-0.3, -0.25) is 4.79 Å². The topological polar surface area (TPSA) is 58.1 Å². The van der Waals surface area contributed by atoms with E-state index < -0.39 is 0 Å². The quantitative estimate of drug-likeness (QED) is 0.740. The Hall–Kier alpha value is -2.92. The van der Waals surface area contributed by atoms with Crippen molar-refractivity contribution in [1.82, 2.24) is 9.97 Å². The number of amides is 1. The minimum Gasteiger partial charge on any atom is -0.336 e. The molecule has 27 heavy (non-hydrogen) atoms. The molecule has 0 saturated carbocycles. The second kappa shape index (κ2) is 7.37. The smallest absolute Gasteiger partial charge is 0.274 e. The monoisotopic (exact) mass is 378 g/mol. The fraction of sp³-hybridized carbons (Fsp3) is 0.190. The number of fused-ring (bicyclic) bond motifs is 1. The number of aryl methyl sites for hydroxylation is 1. The third-order valence-electron chi connectivity index (χ3n) is 4.57. The zero-order chi connectivity index (χ0) is 18.8. The number of hydrogen-bond acceptors (Lipinski definition) is 4. The van der Waals surface area contributed by atoms with Crippen molar-refractivity contribution in [2.45, 2.75) is 19.9 Å². The zero-order valence-corrected chi connectivity index (χ0v) is 15.7. The number of halogens is 1. The Bertz CT molecular complexity index is 1000. The average Bonchev–Trinajstić information content (AvgIpc) is 2.67. The van der Waals surface area contributed by atoms with Crippen LogP contribution in [0.5, 0.6) is 0 Å². The molecular weight excluding hydrogens is 360 g/mol. The molecule has 4 rings (SSSR count). The van der Waals surface area contributed by atoms with Gasteiger partial charge in [-0.1, -0.05) is 41.9 Å². The highest BCUT2D eigenvalue weighted by atomic mass is 35.5. The van der Waals surface area contributed by atoms with Crippen molar-refractivity contribution in [2.24, 2.45) is 0 Å². The second-order valence-corrected chi connectivity index (χ2v) is 7.04. The summed E-state index contributed by atoms with van der Waals surface area (Å²) >= 11 is 5.98. The Balaban J connectivity index is 1.57. The van der Waals surface area contributed by atoms with Gasteiger partial charge in [-0.05, 0) is 48.7 Å². The molecule has 2 heterocycles. The molecule has 1 aliphatic heterocycles. The first-order chi connectivity index (χ1) is 13.1.